The van der Waals surface area contributed by atoms with E-state index >= 15 is 0 Å². The minimum absolute atomic E-state index is 0.0630. The summed E-state index contributed by atoms with van der Waals surface area (Å²) >= 11 is 7.87. The number of amides is 1. The third-order valence-electron chi connectivity index (χ3n) is 2.72. The number of hydrogen-bond acceptors (Lipinski definition) is 4. The van der Waals surface area contributed by atoms with Crippen molar-refractivity contribution < 1.29 is 4.79 Å². The van der Waals surface area contributed by atoms with Crippen LogP contribution < -0.4 is 5.32 Å². The first-order valence-electron chi connectivity index (χ1n) is 6.07. The molecule has 1 N–H and O–H groups in total. The fourth-order valence-electron chi connectivity index (χ4n) is 1.66. The maximum atomic E-state index is 12.0. The van der Waals surface area contributed by atoms with E-state index in [1.807, 2.05) is 19.2 Å². The van der Waals surface area contributed by atoms with Gasteiger partial charge in [-0.05, 0) is 18.4 Å². The molecule has 2 aromatic rings. The van der Waals surface area contributed by atoms with E-state index in [0.717, 1.165) is 11.4 Å². The number of halogens is 1. The van der Waals surface area contributed by atoms with Gasteiger partial charge in [0, 0.05) is 17.9 Å². The number of rotatable bonds is 5. The van der Waals surface area contributed by atoms with Crippen LogP contribution in [-0.2, 0) is 4.79 Å². The van der Waals surface area contributed by atoms with Gasteiger partial charge in [0.1, 0.15) is 0 Å². The molecule has 0 aliphatic heterocycles. The van der Waals surface area contributed by atoms with Crippen molar-refractivity contribution in [3.8, 4) is 5.69 Å². The van der Waals surface area contributed by atoms with E-state index in [0.29, 0.717) is 10.8 Å². The Balaban J connectivity index is 2.16. The third kappa shape index (κ3) is 3.32. The number of aromatic nitrogens is 3. The first-order chi connectivity index (χ1) is 9.63. The Morgan fingerprint density at radius 3 is 3.00 bits per heavy atom. The molecule has 0 saturated carbocycles. The zero-order valence-electron chi connectivity index (χ0n) is 11.2. The predicted octanol–water partition coefficient (Wildman–Crippen LogP) is 2.86. The van der Waals surface area contributed by atoms with Gasteiger partial charge < -0.3 is 5.32 Å². The van der Waals surface area contributed by atoms with Crippen molar-refractivity contribution >= 4 is 35.0 Å². The Bertz CT molecular complexity index is 587. The fraction of sp³-hybridized carbons (Fsp3) is 0.308. The Morgan fingerprint density at radius 1 is 1.55 bits per heavy atom. The second-order valence-corrected chi connectivity index (χ2v) is 5.59. The molecule has 0 aliphatic carbocycles. The van der Waals surface area contributed by atoms with Gasteiger partial charge in [0.15, 0.2) is 5.15 Å². The third-order valence-corrected chi connectivity index (χ3v) is 3.92. The minimum atomic E-state index is -0.0807. The molecular formula is C13H15ClN4OS. The highest BCUT2D eigenvalue weighted by molar-refractivity contribution is 7.98. The largest absolute Gasteiger partial charge is 0.322 e. The lowest BCUT2D eigenvalue weighted by molar-refractivity contribution is -0.118. The molecule has 5 nitrogen and oxygen atoms in total. The SMILES string of the molecule is CSCC(C)C(=O)Nc1cnn(-c2cccnc2)c1Cl. The Kier molecular flexibility index (Phi) is 5.03. The minimum Gasteiger partial charge on any atom is -0.322 e. The Hall–Kier alpha value is -1.53. The summed E-state index contributed by atoms with van der Waals surface area (Å²) in [5.41, 5.74) is 1.25. The molecule has 1 amide bonds. The van der Waals surface area contributed by atoms with E-state index in [1.165, 1.54) is 4.68 Å². The number of nitrogens with one attached hydrogen (secondary N) is 1. The van der Waals surface area contributed by atoms with Crippen molar-refractivity contribution in [1.82, 2.24) is 14.8 Å². The van der Waals surface area contributed by atoms with Crippen LogP contribution in [0.15, 0.2) is 30.7 Å². The zero-order chi connectivity index (χ0) is 14.5. The van der Waals surface area contributed by atoms with Crippen LogP contribution in [0.3, 0.4) is 0 Å². The zero-order valence-corrected chi connectivity index (χ0v) is 12.8. The standard InChI is InChI=1S/C13H15ClN4OS/c1-9(8-20-2)13(19)17-11-7-16-18(12(11)14)10-4-3-5-15-6-10/h3-7,9H,8H2,1-2H3,(H,17,19). The summed E-state index contributed by atoms with van der Waals surface area (Å²) in [6.45, 7) is 1.88. The van der Waals surface area contributed by atoms with E-state index in [2.05, 4.69) is 15.4 Å². The molecule has 2 rings (SSSR count). The quantitative estimate of drug-likeness (QED) is 0.922. The average molecular weight is 311 g/mol. The second kappa shape index (κ2) is 6.76. The summed E-state index contributed by atoms with van der Waals surface area (Å²) in [5.74, 6) is 0.620. The van der Waals surface area contributed by atoms with Crippen molar-refractivity contribution in [3.63, 3.8) is 0 Å². The van der Waals surface area contributed by atoms with E-state index in [4.69, 9.17) is 11.6 Å². The molecule has 0 spiro atoms. The van der Waals surface area contributed by atoms with Crippen molar-refractivity contribution in [2.24, 2.45) is 5.92 Å². The first-order valence-corrected chi connectivity index (χ1v) is 7.84. The summed E-state index contributed by atoms with van der Waals surface area (Å²) in [7, 11) is 0. The monoisotopic (exact) mass is 310 g/mol. The van der Waals surface area contributed by atoms with E-state index < -0.39 is 0 Å². The molecule has 0 saturated heterocycles. The Labute approximate surface area is 126 Å². The van der Waals surface area contributed by atoms with Crippen LogP contribution in [0.5, 0.6) is 0 Å². The van der Waals surface area contributed by atoms with Crippen LogP contribution in [0.25, 0.3) is 5.69 Å². The lowest BCUT2D eigenvalue weighted by Crippen LogP contribution is -2.22. The lowest BCUT2D eigenvalue weighted by atomic mass is 10.2. The molecule has 0 aromatic carbocycles. The van der Waals surface area contributed by atoms with Crippen LogP contribution in [0.2, 0.25) is 5.15 Å². The van der Waals surface area contributed by atoms with Crippen LogP contribution in [0.4, 0.5) is 5.69 Å². The maximum Gasteiger partial charge on any atom is 0.228 e. The van der Waals surface area contributed by atoms with Gasteiger partial charge in [-0.15, -0.1) is 0 Å². The molecule has 20 heavy (non-hydrogen) atoms. The van der Waals surface area contributed by atoms with Crippen molar-refractivity contribution in [1.29, 1.82) is 0 Å². The molecule has 0 fully saturated rings. The van der Waals surface area contributed by atoms with Crippen molar-refractivity contribution in [3.05, 3.63) is 35.9 Å². The van der Waals surface area contributed by atoms with Gasteiger partial charge in [0.25, 0.3) is 0 Å². The van der Waals surface area contributed by atoms with Gasteiger partial charge in [0.05, 0.1) is 23.8 Å². The number of thioether (sulfide) groups is 1. The van der Waals surface area contributed by atoms with Gasteiger partial charge in [-0.1, -0.05) is 18.5 Å². The highest BCUT2D eigenvalue weighted by Crippen LogP contribution is 2.24. The van der Waals surface area contributed by atoms with Gasteiger partial charge in [-0.2, -0.15) is 16.9 Å². The van der Waals surface area contributed by atoms with Crippen molar-refractivity contribution in [2.45, 2.75) is 6.92 Å². The van der Waals surface area contributed by atoms with Gasteiger partial charge in [0.2, 0.25) is 5.91 Å². The molecular weight excluding hydrogens is 296 g/mol. The van der Waals surface area contributed by atoms with E-state index in [-0.39, 0.29) is 11.8 Å². The van der Waals surface area contributed by atoms with Crippen LogP contribution in [0.1, 0.15) is 6.92 Å². The molecule has 106 valence electrons. The normalized spacial score (nSPS) is 12.2. The van der Waals surface area contributed by atoms with Crippen molar-refractivity contribution in [2.75, 3.05) is 17.3 Å². The van der Waals surface area contributed by atoms with E-state index in [1.54, 1.807) is 36.4 Å². The maximum absolute atomic E-state index is 12.0. The molecule has 2 aromatic heterocycles. The van der Waals surface area contributed by atoms with E-state index in [9.17, 15) is 4.79 Å². The molecule has 0 radical (unpaired) electrons. The fourth-order valence-corrected chi connectivity index (χ4v) is 2.55. The molecule has 0 bridgehead atoms. The summed E-state index contributed by atoms with van der Waals surface area (Å²) in [6, 6.07) is 3.64. The summed E-state index contributed by atoms with van der Waals surface area (Å²) in [4.78, 5) is 16.0. The first kappa shape index (κ1) is 14.9. The molecule has 0 aliphatic rings. The Morgan fingerprint density at radius 2 is 2.35 bits per heavy atom. The van der Waals surface area contributed by atoms with Gasteiger partial charge in [-0.3, -0.25) is 9.78 Å². The number of anilines is 1. The lowest BCUT2D eigenvalue weighted by Gasteiger charge is -2.10. The topological polar surface area (TPSA) is 59.8 Å². The number of hydrogen-bond donors (Lipinski definition) is 1. The van der Waals surface area contributed by atoms with Gasteiger partial charge in [-0.25, -0.2) is 4.68 Å². The number of nitrogens with zero attached hydrogens (tertiary/aromatic N) is 3. The molecule has 1 unspecified atom stereocenters. The molecule has 1 atom stereocenters. The van der Waals surface area contributed by atoms with Crippen LogP contribution in [0, 0.1) is 5.92 Å². The molecule has 7 heteroatoms. The molecule has 2 heterocycles. The summed E-state index contributed by atoms with van der Waals surface area (Å²) in [5, 5.41) is 7.33. The summed E-state index contributed by atoms with van der Waals surface area (Å²) < 4.78 is 1.53. The highest BCUT2D eigenvalue weighted by Gasteiger charge is 2.16. The number of carbonyl (C=O) groups excluding carboxylic acids is 1. The smallest absolute Gasteiger partial charge is 0.228 e. The highest BCUT2D eigenvalue weighted by atomic mass is 35.5. The average Bonchev–Trinajstić information content (AvgIpc) is 2.81. The second-order valence-electron chi connectivity index (χ2n) is 4.32. The summed E-state index contributed by atoms with van der Waals surface area (Å²) in [6.07, 6.45) is 6.84. The number of pyridine rings is 1. The predicted molar refractivity (Wildman–Crippen MR) is 82.5 cm³/mol. The van der Waals surface area contributed by atoms with Crippen LogP contribution in [-0.4, -0.2) is 32.7 Å². The number of carbonyl (C=O) groups is 1. The van der Waals surface area contributed by atoms with Crippen LogP contribution >= 0.6 is 23.4 Å². The van der Waals surface area contributed by atoms with Gasteiger partial charge >= 0.3 is 0 Å².